The first-order valence-corrected chi connectivity index (χ1v) is 7.51. The minimum Gasteiger partial charge on any atom is -0.373 e. The highest BCUT2D eigenvalue weighted by Gasteiger charge is 2.04. The van der Waals surface area contributed by atoms with Gasteiger partial charge >= 0.3 is 0 Å². The predicted molar refractivity (Wildman–Crippen MR) is 76.2 cm³/mol. The molecule has 1 N–H and O–H groups in total. The Bertz CT molecular complexity index is 454. The quantitative estimate of drug-likeness (QED) is 0.717. The van der Waals surface area contributed by atoms with Crippen LogP contribution >= 0.6 is 11.3 Å². The second kappa shape index (κ2) is 8.09. The minimum absolute atomic E-state index is 0.492. The third kappa shape index (κ3) is 5.14. The molecule has 0 aromatic carbocycles. The molecule has 0 fully saturated rings. The van der Waals surface area contributed by atoms with E-state index in [1.54, 1.807) is 11.3 Å². The Morgan fingerprint density at radius 1 is 1.47 bits per heavy atom. The van der Waals surface area contributed by atoms with Crippen LogP contribution in [0, 0.1) is 0 Å². The summed E-state index contributed by atoms with van der Waals surface area (Å²) >= 11 is 1.76. The number of rotatable bonds is 9. The molecule has 0 bridgehead atoms. The first-order valence-electron chi connectivity index (χ1n) is 6.64. The van der Waals surface area contributed by atoms with Crippen LogP contribution in [0.1, 0.15) is 29.7 Å². The number of nitrogens with zero attached hydrogens (tertiary/aromatic N) is 1. The lowest BCUT2D eigenvalue weighted by Crippen LogP contribution is -2.13. The zero-order valence-electron chi connectivity index (χ0n) is 11.2. The van der Waals surface area contributed by atoms with E-state index in [1.807, 2.05) is 6.07 Å². The fourth-order valence-electron chi connectivity index (χ4n) is 1.70. The Morgan fingerprint density at radius 2 is 2.42 bits per heavy atom. The summed E-state index contributed by atoms with van der Waals surface area (Å²) in [4.78, 5) is 1.35. The molecular formula is C14H20N2O2S. The second-order valence-corrected chi connectivity index (χ2v) is 5.38. The molecule has 104 valence electrons. The van der Waals surface area contributed by atoms with Crippen LogP contribution in [-0.2, 0) is 24.3 Å². The van der Waals surface area contributed by atoms with Gasteiger partial charge in [-0.05, 0) is 24.4 Å². The standard InChI is InChI=1S/C14H20N2O2S/c1-2-6-15-10-12-9-13(18-16-12)11-17-7-5-14-4-3-8-19-14/h3-4,8-9,15H,2,5-7,10-11H2,1H3. The normalized spacial score (nSPS) is 11.0. The number of aromatic nitrogens is 1. The van der Waals surface area contributed by atoms with Crippen molar-refractivity contribution in [3.8, 4) is 0 Å². The molecule has 2 aromatic heterocycles. The highest BCUT2D eigenvalue weighted by atomic mass is 32.1. The van der Waals surface area contributed by atoms with Gasteiger partial charge in [0, 0.05) is 23.9 Å². The van der Waals surface area contributed by atoms with E-state index in [4.69, 9.17) is 9.26 Å². The zero-order chi connectivity index (χ0) is 13.3. The second-order valence-electron chi connectivity index (χ2n) is 4.34. The first kappa shape index (κ1) is 14.2. The minimum atomic E-state index is 0.492. The maximum atomic E-state index is 5.58. The van der Waals surface area contributed by atoms with Gasteiger partial charge in [0.25, 0.3) is 0 Å². The van der Waals surface area contributed by atoms with Gasteiger partial charge in [-0.2, -0.15) is 0 Å². The third-order valence-electron chi connectivity index (χ3n) is 2.66. The molecule has 5 heteroatoms. The highest BCUT2D eigenvalue weighted by Crippen LogP contribution is 2.10. The summed E-state index contributed by atoms with van der Waals surface area (Å²) in [7, 11) is 0. The van der Waals surface area contributed by atoms with E-state index in [0.29, 0.717) is 13.2 Å². The van der Waals surface area contributed by atoms with Gasteiger partial charge in [-0.1, -0.05) is 18.1 Å². The van der Waals surface area contributed by atoms with Crippen LogP contribution in [0.25, 0.3) is 0 Å². The Hall–Kier alpha value is -1.17. The maximum Gasteiger partial charge on any atom is 0.162 e. The van der Waals surface area contributed by atoms with Crippen LogP contribution in [0.5, 0.6) is 0 Å². The molecule has 0 amide bonds. The van der Waals surface area contributed by atoms with Gasteiger partial charge < -0.3 is 14.6 Å². The molecule has 0 saturated carbocycles. The summed E-state index contributed by atoms with van der Waals surface area (Å²) in [5.74, 6) is 0.791. The Balaban J connectivity index is 1.63. The molecule has 2 rings (SSSR count). The SMILES string of the molecule is CCCNCc1cc(COCCc2cccs2)on1. The number of hydrogen-bond donors (Lipinski definition) is 1. The summed E-state index contributed by atoms with van der Waals surface area (Å²) in [6, 6.07) is 6.14. The number of hydrogen-bond acceptors (Lipinski definition) is 5. The van der Waals surface area contributed by atoms with Gasteiger partial charge in [0.1, 0.15) is 6.61 Å². The van der Waals surface area contributed by atoms with Gasteiger partial charge in [0.05, 0.1) is 12.3 Å². The molecule has 2 heterocycles. The van der Waals surface area contributed by atoms with Crippen molar-refractivity contribution in [1.82, 2.24) is 10.5 Å². The van der Waals surface area contributed by atoms with Crippen molar-refractivity contribution in [2.24, 2.45) is 0 Å². The van der Waals surface area contributed by atoms with Crippen LogP contribution in [-0.4, -0.2) is 18.3 Å². The number of ether oxygens (including phenoxy) is 1. The Kier molecular flexibility index (Phi) is 6.07. The van der Waals surface area contributed by atoms with E-state index in [2.05, 4.69) is 34.9 Å². The largest absolute Gasteiger partial charge is 0.373 e. The number of nitrogens with one attached hydrogen (secondary N) is 1. The van der Waals surface area contributed by atoms with E-state index < -0.39 is 0 Å². The van der Waals surface area contributed by atoms with E-state index in [0.717, 1.165) is 37.4 Å². The maximum absolute atomic E-state index is 5.58. The van der Waals surface area contributed by atoms with E-state index in [-0.39, 0.29) is 0 Å². The average molecular weight is 280 g/mol. The molecule has 0 unspecified atom stereocenters. The smallest absolute Gasteiger partial charge is 0.162 e. The van der Waals surface area contributed by atoms with Crippen LogP contribution in [0.15, 0.2) is 28.1 Å². The summed E-state index contributed by atoms with van der Waals surface area (Å²) in [6.45, 7) is 5.10. The zero-order valence-corrected chi connectivity index (χ0v) is 12.0. The van der Waals surface area contributed by atoms with Gasteiger partial charge in [-0.25, -0.2) is 0 Å². The van der Waals surface area contributed by atoms with Gasteiger partial charge in [0.2, 0.25) is 0 Å². The summed E-state index contributed by atoms with van der Waals surface area (Å²) in [5.41, 5.74) is 0.935. The van der Waals surface area contributed by atoms with E-state index >= 15 is 0 Å². The fourth-order valence-corrected chi connectivity index (χ4v) is 2.39. The molecule has 0 aliphatic heterocycles. The van der Waals surface area contributed by atoms with E-state index in [1.165, 1.54) is 4.88 Å². The molecule has 0 radical (unpaired) electrons. The topological polar surface area (TPSA) is 47.3 Å². The monoisotopic (exact) mass is 280 g/mol. The number of thiophene rings is 1. The van der Waals surface area contributed by atoms with Crippen LogP contribution in [0.2, 0.25) is 0 Å². The molecule has 0 saturated heterocycles. The average Bonchev–Trinajstić information content (AvgIpc) is 3.06. The van der Waals surface area contributed by atoms with Crippen molar-refractivity contribution < 1.29 is 9.26 Å². The molecule has 19 heavy (non-hydrogen) atoms. The molecule has 2 aromatic rings. The Labute approximate surface area is 117 Å². The van der Waals surface area contributed by atoms with Crippen molar-refractivity contribution in [2.45, 2.75) is 32.9 Å². The van der Waals surface area contributed by atoms with Crippen molar-refractivity contribution in [2.75, 3.05) is 13.2 Å². The third-order valence-corrected chi connectivity index (χ3v) is 3.59. The molecule has 0 atom stereocenters. The van der Waals surface area contributed by atoms with Crippen molar-refractivity contribution >= 4 is 11.3 Å². The Morgan fingerprint density at radius 3 is 3.21 bits per heavy atom. The lowest BCUT2D eigenvalue weighted by Gasteiger charge is -1.99. The molecule has 0 spiro atoms. The summed E-state index contributed by atoms with van der Waals surface area (Å²) < 4.78 is 10.8. The molecule has 4 nitrogen and oxygen atoms in total. The van der Waals surface area contributed by atoms with Crippen molar-refractivity contribution in [3.05, 3.63) is 39.9 Å². The molecule has 0 aliphatic carbocycles. The van der Waals surface area contributed by atoms with Gasteiger partial charge in [-0.3, -0.25) is 0 Å². The van der Waals surface area contributed by atoms with Gasteiger partial charge in [-0.15, -0.1) is 11.3 Å². The summed E-state index contributed by atoms with van der Waals surface area (Å²) in [6.07, 6.45) is 2.08. The highest BCUT2D eigenvalue weighted by molar-refractivity contribution is 7.09. The first-order chi connectivity index (χ1) is 9.38. The van der Waals surface area contributed by atoms with Crippen LogP contribution in [0.3, 0.4) is 0 Å². The lowest BCUT2D eigenvalue weighted by atomic mass is 10.3. The van der Waals surface area contributed by atoms with Crippen molar-refractivity contribution in [1.29, 1.82) is 0 Å². The molecular weight excluding hydrogens is 260 g/mol. The fraction of sp³-hybridized carbons (Fsp3) is 0.500. The van der Waals surface area contributed by atoms with E-state index in [9.17, 15) is 0 Å². The van der Waals surface area contributed by atoms with Crippen LogP contribution < -0.4 is 5.32 Å². The van der Waals surface area contributed by atoms with Gasteiger partial charge in [0.15, 0.2) is 5.76 Å². The van der Waals surface area contributed by atoms with Crippen LogP contribution in [0.4, 0.5) is 0 Å². The van der Waals surface area contributed by atoms with Crippen molar-refractivity contribution in [3.63, 3.8) is 0 Å². The summed E-state index contributed by atoms with van der Waals surface area (Å²) in [5, 5.41) is 9.37. The predicted octanol–water partition coefficient (Wildman–Crippen LogP) is 3.00. The molecule has 0 aliphatic rings. The lowest BCUT2D eigenvalue weighted by molar-refractivity contribution is 0.104.